The highest BCUT2D eigenvalue weighted by Crippen LogP contribution is 2.22. The summed E-state index contributed by atoms with van der Waals surface area (Å²) in [6.07, 6.45) is 3.82. The predicted molar refractivity (Wildman–Crippen MR) is 129 cm³/mol. The van der Waals surface area contributed by atoms with E-state index in [2.05, 4.69) is 32.1 Å². The zero-order valence-corrected chi connectivity index (χ0v) is 18.8. The summed E-state index contributed by atoms with van der Waals surface area (Å²) >= 11 is 0. The molecule has 2 aromatic carbocycles. The molecule has 1 unspecified atom stereocenters. The van der Waals surface area contributed by atoms with Crippen LogP contribution in [-0.4, -0.2) is 62.0 Å². The van der Waals surface area contributed by atoms with E-state index in [1.807, 2.05) is 31.2 Å². The Balaban J connectivity index is 1.27. The Morgan fingerprint density at radius 3 is 1.88 bits per heavy atom. The van der Waals surface area contributed by atoms with E-state index in [0.29, 0.717) is 5.56 Å². The van der Waals surface area contributed by atoms with Gasteiger partial charge in [-0.25, -0.2) is 0 Å². The molecule has 3 N–H and O–H groups in total. The topological polar surface area (TPSA) is 81.9 Å². The van der Waals surface area contributed by atoms with E-state index in [4.69, 9.17) is 5.73 Å². The van der Waals surface area contributed by atoms with Gasteiger partial charge in [-0.1, -0.05) is 0 Å². The molecule has 2 heterocycles. The average Bonchev–Trinajstić information content (AvgIpc) is 2.85. The third-order valence-corrected chi connectivity index (χ3v) is 6.61. The highest BCUT2D eigenvalue weighted by molar-refractivity contribution is 5.95. The fraction of sp³-hybridized carbons (Fsp3) is 0.440. The van der Waals surface area contributed by atoms with Gasteiger partial charge in [0.15, 0.2) is 0 Å². The summed E-state index contributed by atoms with van der Waals surface area (Å²) in [7, 11) is 0. The number of nitrogens with two attached hydrogens (primary N) is 1. The number of hydrogen-bond acceptors (Lipinski definition) is 5. The van der Waals surface area contributed by atoms with Gasteiger partial charge in [0, 0.05) is 61.9 Å². The molecule has 2 aliphatic rings. The Bertz CT molecular complexity index is 914. The molecule has 0 spiro atoms. The Morgan fingerprint density at radius 2 is 1.31 bits per heavy atom. The predicted octanol–water partition coefficient (Wildman–Crippen LogP) is 2.93. The molecular formula is C25H33N5O2. The Labute approximate surface area is 190 Å². The Kier molecular flexibility index (Phi) is 6.95. The first-order valence-corrected chi connectivity index (χ1v) is 11.6. The van der Waals surface area contributed by atoms with E-state index in [0.717, 1.165) is 50.6 Å². The smallest absolute Gasteiger partial charge is 0.248 e. The zero-order valence-electron chi connectivity index (χ0n) is 18.8. The Hall–Kier alpha value is -3.06. The zero-order chi connectivity index (χ0) is 22.5. The number of piperazine rings is 1. The van der Waals surface area contributed by atoms with Crippen LogP contribution in [0.2, 0.25) is 0 Å². The third kappa shape index (κ3) is 5.22. The summed E-state index contributed by atoms with van der Waals surface area (Å²) in [5.41, 5.74) is 8.98. The van der Waals surface area contributed by atoms with Crippen LogP contribution >= 0.6 is 0 Å². The van der Waals surface area contributed by atoms with Crippen molar-refractivity contribution in [1.82, 2.24) is 4.90 Å². The van der Waals surface area contributed by atoms with Crippen molar-refractivity contribution in [3.8, 4) is 0 Å². The number of anilines is 3. The van der Waals surface area contributed by atoms with Crippen LogP contribution in [0.15, 0.2) is 48.5 Å². The summed E-state index contributed by atoms with van der Waals surface area (Å²) < 4.78 is 0. The van der Waals surface area contributed by atoms with Gasteiger partial charge in [0.25, 0.3) is 0 Å². The lowest BCUT2D eigenvalue weighted by Gasteiger charge is -2.38. The molecule has 0 bridgehead atoms. The van der Waals surface area contributed by atoms with E-state index in [9.17, 15) is 9.59 Å². The largest absolute Gasteiger partial charge is 0.372 e. The first kappa shape index (κ1) is 22.1. The fourth-order valence-corrected chi connectivity index (χ4v) is 4.52. The number of rotatable bonds is 6. The van der Waals surface area contributed by atoms with Crippen LogP contribution in [0, 0.1) is 0 Å². The number of piperidine rings is 1. The molecule has 4 rings (SSSR count). The molecule has 0 aromatic heterocycles. The molecule has 2 aliphatic heterocycles. The van der Waals surface area contributed by atoms with Crippen molar-refractivity contribution in [2.24, 2.45) is 5.73 Å². The quantitative estimate of drug-likeness (QED) is 0.729. The van der Waals surface area contributed by atoms with Crippen molar-refractivity contribution < 1.29 is 9.59 Å². The molecule has 0 aliphatic carbocycles. The summed E-state index contributed by atoms with van der Waals surface area (Å²) in [4.78, 5) is 31.0. The minimum Gasteiger partial charge on any atom is -0.372 e. The third-order valence-electron chi connectivity index (χ3n) is 6.61. The molecule has 2 saturated heterocycles. The molecule has 0 saturated carbocycles. The molecule has 7 nitrogen and oxygen atoms in total. The number of carbonyl (C=O) groups is 2. The molecule has 7 heteroatoms. The second kappa shape index (κ2) is 10.0. The second-order valence-corrected chi connectivity index (χ2v) is 8.69. The van der Waals surface area contributed by atoms with Gasteiger partial charge in [-0.05, 0) is 74.7 Å². The molecular weight excluding hydrogens is 402 g/mol. The van der Waals surface area contributed by atoms with Gasteiger partial charge in [-0.3, -0.25) is 14.5 Å². The molecule has 1 atom stereocenters. The van der Waals surface area contributed by atoms with Crippen LogP contribution in [0.25, 0.3) is 0 Å². The summed E-state index contributed by atoms with van der Waals surface area (Å²) in [6.45, 7) is 7.47. The number of nitrogens with zero attached hydrogens (tertiary/aromatic N) is 3. The SMILES string of the molecule is CC(C(=O)Nc1ccc(N2CCCCC2)cc1)N1CCN(c2ccc(C(N)=O)cc2)CC1. The first-order chi connectivity index (χ1) is 15.5. The minimum atomic E-state index is -0.414. The van der Waals surface area contributed by atoms with Crippen molar-refractivity contribution in [3.05, 3.63) is 54.1 Å². The van der Waals surface area contributed by atoms with E-state index < -0.39 is 5.91 Å². The number of hydrogen-bond donors (Lipinski definition) is 2. The maximum atomic E-state index is 12.8. The second-order valence-electron chi connectivity index (χ2n) is 8.69. The maximum absolute atomic E-state index is 12.8. The van der Waals surface area contributed by atoms with E-state index in [-0.39, 0.29) is 11.9 Å². The Morgan fingerprint density at radius 1 is 0.781 bits per heavy atom. The van der Waals surface area contributed by atoms with E-state index in [1.54, 1.807) is 12.1 Å². The van der Waals surface area contributed by atoms with Crippen LogP contribution < -0.4 is 20.9 Å². The number of nitrogens with one attached hydrogen (secondary N) is 1. The molecule has 0 radical (unpaired) electrons. The van der Waals surface area contributed by atoms with E-state index in [1.165, 1.54) is 24.9 Å². The van der Waals surface area contributed by atoms with Crippen molar-refractivity contribution >= 4 is 28.9 Å². The minimum absolute atomic E-state index is 0.0231. The van der Waals surface area contributed by atoms with Crippen LogP contribution in [0.3, 0.4) is 0 Å². The lowest BCUT2D eigenvalue weighted by Crippen LogP contribution is -2.52. The molecule has 2 fully saturated rings. The summed E-state index contributed by atoms with van der Waals surface area (Å²) in [5, 5.41) is 3.07. The molecule has 2 aromatic rings. The van der Waals surface area contributed by atoms with Crippen LogP contribution in [-0.2, 0) is 4.79 Å². The van der Waals surface area contributed by atoms with Gasteiger partial charge in [0.05, 0.1) is 6.04 Å². The van der Waals surface area contributed by atoms with E-state index >= 15 is 0 Å². The van der Waals surface area contributed by atoms with Gasteiger partial charge in [0.2, 0.25) is 11.8 Å². The summed E-state index contributed by atoms with van der Waals surface area (Å²) in [5.74, 6) is -0.391. The van der Waals surface area contributed by atoms with Crippen LogP contribution in [0.5, 0.6) is 0 Å². The van der Waals surface area contributed by atoms with Gasteiger partial charge in [-0.15, -0.1) is 0 Å². The van der Waals surface area contributed by atoms with Gasteiger partial charge >= 0.3 is 0 Å². The lowest BCUT2D eigenvalue weighted by molar-refractivity contribution is -0.120. The molecule has 32 heavy (non-hydrogen) atoms. The molecule has 2 amide bonds. The first-order valence-electron chi connectivity index (χ1n) is 11.6. The van der Waals surface area contributed by atoms with Crippen molar-refractivity contribution in [3.63, 3.8) is 0 Å². The number of primary amides is 1. The van der Waals surface area contributed by atoms with Crippen molar-refractivity contribution in [1.29, 1.82) is 0 Å². The highest BCUT2D eigenvalue weighted by atomic mass is 16.2. The monoisotopic (exact) mass is 435 g/mol. The summed E-state index contributed by atoms with van der Waals surface area (Å²) in [6, 6.07) is 15.4. The van der Waals surface area contributed by atoms with Crippen molar-refractivity contribution in [2.45, 2.75) is 32.2 Å². The standard InChI is InChI=1S/C25H33N5O2/c1-19(25(32)27-21-7-11-23(12-8-21)29-13-3-2-4-14-29)28-15-17-30(18-16-28)22-9-5-20(6-10-22)24(26)31/h5-12,19H,2-4,13-18H2,1H3,(H2,26,31)(H,27,32). The van der Waals surface area contributed by atoms with Crippen LogP contribution in [0.4, 0.5) is 17.1 Å². The highest BCUT2D eigenvalue weighted by Gasteiger charge is 2.26. The van der Waals surface area contributed by atoms with Gasteiger partial charge in [0.1, 0.15) is 0 Å². The number of carbonyl (C=O) groups excluding carboxylic acids is 2. The number of benzene rings is 2. The lowest BCUT2D eigenvalue weighted by atomic mass is 10.1. The molecule has 170 valence electrons. The number of amides is 2. The normalized spacial score (nSPS) is 18.3. The van der Waals surface area contributed by atoms with Crippen LogP contribution in [0.1, 0.15) is 36.5 Å². The fourth-order valence-electron chi connectivity index (χ4n) is 4.52. The maximum Gasteiger partial charge on any atom is 0.248 e. The van der Waals surface area contributed by atoms with Gasteiger partial charge < -0.3 is 20.9 Å². The van der Waals surface area contributed by atoms with Crippen molar-refractivity contribution in [2.75, 3.05) is 54.4 Å². The average molecular weight is 436 g/mol. The van der Waals surface area contributed by atoms with Gasteiger partial charge in [-0.2, -0.15) is 0 Å².